The van der Waals surface area contributed by atoms with E-state index in [1.54, 1.807) is 31.2 Å². The van der Waals surface area contributed by atoms with Crippen molar-refractivity contribution in [2.24, 2.45) is 0 Å². The summed E-state index contributed by atoms with van der Waals surface area (Å²) in [6, 6.07) is 2.69. The van der Waals surface area contributed by atoms with E-state index in [-0.39, 0.29) is 0 Å². The van der Waals surface area contributed by atoms with E-state index in [0.29, 0.717) is 10.8 Å². The molecule has 0 saturated carbocycles. The number of allylic oxidation sites excluding steroid dienone is 2. The van der Waals surface area contributed by atoms with Crippen molar-refractivity contribution in [1.82, 2.24) is 0 Å². The van der Waals surface area contributed by atoms with Gasteiger partial charge in [0.1, 0.15) is 5.75 Å². The van der Waals surface area contributed by atoms with E-state index in [9.17, 15) is 4.39 Å². The lowest BCUT2D eigenvalue weighted by atomic mass is 10.2. The largest absolute Gasteiger partial charge is 0.431 e. The van der Waals surface area contributed by atoms with Gasteiger partial charge in [-0.1, -0.05) is 17.7 Å². The van der Waals surface area contributed by atoms with Crippen LogP contribution in [0.5, 0.6) is 5.75 Å². The molecule has 0 fully saturated rings. The Hall–Kier alpha value is -1.48. The Morgan fingerprint density at radius 2 is 2.19 bits per heavy atom. The number of ether oxygens (including phenoxy) is 2. The molecule has 2 rings (SSSR count). The first kappa shape index (κ1) is 11.0. The van der Waals surface area contributed by atoms with Gasteiger partial charge in [-0.3, -0.25) is 0 Å². The van der Waals surface area contributed by atoms with Crippen LogP contribution in [0.25, 0.3) is 0 Å². The van der Waals surface area contributed by atoms with Gasteiger partial charge < -0.3 is 9.47 Å². The molecule has 0 spiro atoms. The van der Waals surface area contributed by atoms with E-state index in [4.69, 9.17) is 21.1 Å². The summed E-state index contributed by atoms with van der Waals surface area (Å²) in [5.74, 6) is 0.395. The third kappa shape index (κ3) is 2.36. The lowest BCUT2D eigenvalue weighted by Crippen LogP contribution is -2.31. The molecule has 0 bridgehead atoms. The van der Waals surface area contributed by atoms with E-state index >= 15 is 0 Å². The smallest absolute Gasteiger partial charge is 0.429 e. The molecule has 1 atom stereocenters. The zero-order valence-corrected chi connectivity index (χ0v) is 9.37. The van der Waals surface area contributed by atoms with Gasteiger partial charge in [0.05, 0.1) is 6.26 Å². The molecule has 0 amide bonds. The van der Waals surface area contributed by atoms with Crippen molar-refractivity contribution < 1.29 is 13.9 Å². The summed E-state index contributed by atoms with van der Waals surface area (Å²) in [4.78, 5) is 0. The number of benzene rings is 1. The summed E-state index contributed by atoms with van der Waals surface area (Å²) in [6.07, 6.45) is 5.54. The van der Waals surface area contributed by atoms with Gasteiger partial charge in [0.15, 0.2) is 0 Å². The lowest BCUT2D eigenvalue weighted by Gasteiger charge is -2.24. The van der Waals surface area contributed by atoms with Crippen LogP contribution in [0.1, 0.15) is 5.56 Å². The molecule has 1 aromatic rings. The maximum atomic E-state index is 13.9. The minimum atomic E-state index is -2.24. The molecular weight excluding hydrogens is 231 g/mol. The monoisotopic (exact) mass is 240 g/mol. The molecule has 4 heteroatoms. The van der Waals surface area contributed by atoms with Crippen LogP contribution in [-0.2, 0) is 4.74 Å². The first-order valence-electron chi connectivity index (χ1n) is 4.75. The average molecular weight is 241 g/mol. The third-order valence-electron chi connectivity index (χ3n) is 2.10. The van der Waals surface area contributed by atoms with Gasteiger partial charge in [-0.25, -0.2) is 0 Å². The molecule has 1 aromatic carbocycles. The van der Waals surface area contributed by atoms with Crippen LogP contribution in [0, 0.1) is 6.92 Å². The van der Waals surface area contributed by atoms with Crippen LogP contribution in [0.2, 0.25) is 5.02 Å². The molecular formula is C12H10ClFO2. The average Bonchev–Trinajstić information content (AvgIpc) is 2.23. The number of hydrogen-bond donors (Lipinski definition) is 0. The molecule has 0 saturated heterocycles. The lowest BCUT2D eigenvalue weighted by molar-refractivity contribution is -0.204. The van der Waals surface area contributed by atoms with Crippen molar-refractivity contribution >= 4 is 11.6 Å². The van der Waals surface area contributed by atoms with Gasteiger partial charge in [0, 0.05) is 11.1 Å². The second kappa shape index (κ2) is 4.18. The summed E-state index contributed by atoms with van der Waals surface area (Å²) >= 11 is 5.79. The van der Waals surface area contributed by atoms with Crippen LogP contribution >= 0.6 is 11.6 Å². The van der Waals surface area contributed by atoms with Crippen molar-refractivity contribution in [3.05, 3.63) is 53.3 Å². The van der Waals surface area contributed by atoms with E-state index in [2.05, 4.69) is 0 Å². The third-order valence-corrected chi connectivity index (χ3v) is 2.33. The topological polar surface area (TPSA) is 18.5 Å². The molecule has 16 heavy (non-hydrogen) atoms. The first-order chi connectivity index (χ1) is 7.59. The van der Waals surface area contributed by atoms with Crippen LogP contribution in [0.4, 0.5) is 4.39 Å². The fourth-order valence-corrected chi connectivity index (χ4v) is 1.55. The molecule has 1 aliphatic rings. The second-order valence-corrected chi connectivity index (χ2v) is 3.84. The van der Waals surface area contributed by atoms with Gasteiger partial charge in [0.2, 0.25) is 0 Å². The number of aryl methyl sites for hydroxylation is 1. The molecule has 0 aliphatic carbocycles. The molecule has 1 unspecified atom stereocenters. The minimum Gasteiger partial charge on any atom is -0.431 e. The zero-order chi connectivity index (χ0) is 11.6. The van der Waals surface area contributed by atoms with Crippen LogP contribution < -0.4 is 4.74 Å². The summed E-state index contributed by atoms with van der Waals surface area (Å²) in [5.41, 5.74) is 0.746. The van der Waals surface area contributed by atoms with E-state index in [0.717, 1.165) is 5.56 Å². The van der Waals surface area contributed by atoms with Crippen molar-refractivity contribution in [3.8, 4) is 5.75 Å². The maximum absolute atomic E-state index is 13.9. The summed E-state index contributed by atoms with van der Waals surface area (Å²) in [5, 5.41) is 0.581. The van der Waals surface area contributed by atoms with Gasteiger partial charge in [-0.05, 0) is 36.8 Å². The van der Waals surface area contributed by atoms with Gasteiger partial charge >= 0.3 is 6.04 Å². The number of hydrogen-bond acceptors (Lipinski definition) is 2. The SMILES string of the molecule is Cc1cc(Cl)ccc1OC1(F)C=CC=CO1. The first-order valence-corrected chi connectivity index (χ1v) is 5.13. The van der Waals surface area contributed by atoms with Crippen LogP contribution in [-0.4, -0.2) is 6.04 Å². The Labute approximate surface area is 97.9 Å². The van der Waals surface area contributed by atoms with Crippen molar-refractivity contribution in [2.75, 3.05) is 0 Å². The second-order valence-electron chi connectivity index (χ2n) is 3.40. The van der Waals surface area contributed by atoms with Gasteiger partial charge in [-0.15, -0.1) is 0 Å². The Balaban J connectivity index is 2.20. The summed E-state index contributed by atoms with van der Waals surface area (Å²) in [6.45, 7) is 1.78. The Morgan fingerprint density at radius 3 is 2.81 bits per heavy atom. The van der Waals surface area contributed by atoms with Crippen molar-refractivity contribution in [3.63, 3.8) is 0 Å². The Kier molecular flexibility index (Phi) is 2.88. The highest BCUT2D eigenvalue weighted by molar-refractivity contribution is 6.30. The fourth-order valence-electron chi connectivity index (χ4n) is 1.32. The zero-order valence-electron chi connectivity index (χ0n) is 8.61. The maximum Gasteiger partial charge on any atom is 0.429 e. The molecule has 0 aromatic heterocycles. The molecule has 84 valence electrons. The standard InChI is InChI=1S/C12H10ClFO2/c1-9-8-10(13)4-5-11(9)16-12(14)6-2-3-7-15-12/h2-8H,1H3. The predicted molar refractivity (Wildman–Crippen MR) is 60.0 cm³/mol. The van der Waals surface area contributed by atoms with Crippen molar-refractivity contribution in [2.45, 2.75) is 13.0 Å². The fraction of sp³-hybridized carbons (Fsp3) is 0.167. The Morgan fingerprint density at radius 1 is 1.38 bits per heavy atom. The number of rotatable bonds is 2. The normalized spacial score (nSPS) is 22.9. The van der Waals surface area contributed by atoms with E-state index < -0.39 is 6.04 Å². The number of halogens is 2. The van der Waals surface area contributed by atoms with Gasteiger partial charge in [0.25, 0.3) is 0 Å². The molecule has 1 aliphatic heterocycles. The summed E-state index contributed by atoms with van der Waals surface area (Å²) in [7, 11) is 0. The molecule has 1 heterocycles. The highest BCUT2D eigenvalue weighted by Gasteiger charge is 2.31. The van der Waals surface area contributed by atoms with Crippen LogP contribution in [0.3, 0.4) is 0 Å². The van der Waals surface area contributed by atoms with Crippen LogP contribution in [0.15, 0.2) is 42.7 Å². The minimum absolute atomic E-state index is 0.395. The predicted octanol–water partition coefficient (Wildman–Crippen LogP) is 3.75. The number of alkyl halides is 1. The molecule has 0 N–H and O–H groups in total. The molecule has 2 nitrogen and oxygen atoms in total. The van der Waals surface area contributed by atoms with Crippen molar-refractivity contribution in [1.29, 1.82) is 0 Å². The quantitative estimate of drug-likeness (QED) is 0.784. The van der Waals surface area contributed by atoms with E-state index in [1.807, 2.05) is 0 Å². The van der Waals surface area contributed by atoms with E-state index in [1.165, 1.54) is 18.4 Å². The highest BCUT2D eigenvalue weighted by Crippen LogP contribution is 2.29. The highest BCUT2D eigenvalue weighted by atomic mass is 35.5. The Bertz CT molecular complexity index is 456. The molecule has 0 radical (unpaired) electrons. The van der Waals surface area contributed by atoms with Gasteiger partial charge in [-0.2, -0.15) is 4.39 Å². The summed E-state index contributed by atoms with van der Waals surface area (Å²) < 4.78 is 23.8.